The van der Waals surface area contributed by atoms with Crippen LogP contribution in [0, 0.1) is 0 Å². The number of hydrogen-bond acceptors (Lipinski definition) is 3. The first-order valence-corrected chi connectivity index (χ1v) is 6.47. The zero-order chi connectivity index (χ0) is 16.0. The van der Waals surface area contributed by atoms with Crippen molar-refractivity contribution in [2.45, 2.75) is 12.6 Å². The van der Waals surface area contributed by atoms with Gasteiger partial charge in [0.05, 0.1) is 13.0 Å². The van der Waals surface area contributed by atoms with Crippen LogP contribution in [0.2, 0.25) is 0 Å². The lowest BCUT2D eigenvalue weighted by atomic mass is 10.2. The molecule has 0 fully saturated rings. The van der Waals surface area contributed by atoms with Gasteiger partial charge in [-0.25, -0.2) is 0 Å². The molecule has 1 N–H and O–H groups in total. The molecule has 0 atom stereocenters. The summed E-state index contributed by atoms with van der Waals surface area (Å²) >= 11 is 0. The van der Waals surface area contributed by atoms with Crippen molar-refractivity contribution in [3.63, 3.8) is 0 Å². The van der Waals surface area contributed by atoms with E-state index in [-0.39, 0.29) is 30.0 Å². The van der Waals surface area contributed by atoms with E-state index in [2.05, 4.69) is 10.3 Å². The number of aromatic nitrogens is 1. The summed E-state index contributed by atoms with van der Waals surface area (Å²) in [6, 6.07) is 13.0. The number of carbonyl (C=O) groups excluding carboxylic acids is 1. The van der Waals surface area contributed by atoms with E-state index in [4.69, 9.17) is 4.74 Å². The number of rotatable bonds is 5. The van der Waals surface area contributed by atoms with Crippen LogP contribution in [0.3, 0.4) is 0 Å². The van der Waals surface area contributed by atoms with Gasteiger partial charge >= 0.3 is 6.18 Å². The van der Waals surface area contributed by atoms with Gasteiger partial charge in [-0.3, -0.25) is 4.79 Å². The SMILES string of the molecule is Cl.O=C(Nc1cccc(OCCC(F)(F)F)n1)c1ccccc1. The maximum atomic E-state index is 12.0. The summed E-state index contributed by atoms with van der Waals surface area (Å²) in [7, 11) is 0. The molecule has 1 heterocycles. The lowest BCUT2D eigenvalue weighted by Gasteiger charge is -2.09. The van der Waals surface area contributed by atoms with Crippen LogP contribution in [0.25, 0.3) is 0 Å². The van der Waals surface area contributed by atoms with Crippen LogP contribution in [-0.4, -0.2) is 23.7 Å². The van der Waals surface area contributed by atoms with Gasteiger partial charge in [0, 0.05) is 11.6 Å². The summed E-state index contributed by atoms with van der Waals surface area (Å²) in [6.07, 6.45) is -5.34. The fraction of sp³-hybridized carbons (Fsp3) is 0.200. The smallest absolute Gasteiger partial charge is 0.392 e. The van der Waals surface area contributed by atoms with Gasteiger partial charge in [0.2, 0.25) is 5.88 Å². The third-order valence-corrected chi connectivity index (χ3v) is 2.64. The van der Waals surface area contributed by atoms with Crippen LogP contribution in [0.15, 0.2) is 48.5 Å². The number of nitrogens with zero attached hydrogens (tertiary/aromatic N) is 1. The fourth-order valence-corrected chi connectivity index (χ4v) is 1.61. The first-order chi connectivity index (χ1) is 10.4. The summed E-state index contributed by atoms with van der Waals surface area (Å²) in [5, 5.41) is 2.55. The molecule has 4 nitrogen and oxygen atoms in total. The molecule has 0 aliphatic carbocycles. The number of nitrogens with one attached hydrogen (secondary N) is 1. The van der Waals surface area contributed by atoms with Crippen molar-refractivity contribution < 1.29 is 22.7 Å². The fourth-order valence-electron chi connectivity index (χ4n) is 1.61. The van der Waals surface area contributed by atoms with Gasteiger partial charge < -0.3 is 10.1 Å². The van der Waals surface area contributed by atoms with E-state index >= 15 is 0 Å². The van der Waals surface area contributed by atoms with Crippen molar-refractivity contribution in [1.82, 2.24) is 4.98 Å². The van der Waals surface area contributed by atoms with Crippen LogP contribution in [0.4, 0.5) is 19.0 Å². The Balaban J connectivity index is 0.00000264. The molecule has 0 unspecified atom stereocenters. The van der Waals surface area contributed by atoms with Gasteiger partial charge in [-0.05, 0) is 18.2 Å². The molecule has 1 aromatic carbocycles. The molecule has 1 aromatic heterocycles. The number of anilines is 1. The summed E-state index contributed by atoms with van der Waals surface area (Å²) in [4.78, 5) is 15.9. The summed E-state index contributed by atoms with van der Waals surface area (Å²) in [5.41, 5.74) is 0.452. The van der Waals surface area contributed by atoms with Gasteiger partial charge in [-0.2, -0.15) is 18.2 Å². The first kappa shape index (κ1) is 18.8. The standard InChI is InChI=1S/C15H13F3N2O2.ClH/c16-15(17,18)9-10-22-13-8-4-7-12(19-13)20-14(21)11-5-2-1-3-6-11;/h1-8H,9-10H2,(H,19,20,21);1H. The number of amides is 1. The Morgan fingerprint density at radius 3 is 2.43 bits per heavy atom. The van der Waals surface area contributed by atoms with E-state index in [1.165, 1.54) is 18.2 Å². The second-order valence-electron chi connectivity index (χ2n) is 4.39. The molecule has 2 rings (SSSR count). The number of pyridine rings is 1. The third-order valence-electron chi connectivity index (χ3n) is 2.64. The maximum Gasteiger partial charge on any atom is 0.392 e. The molecular weight excluding hydrogens is 333 g/mol. The predicted molar refractivity (Wildman–Crippen MR) is 82.0 cm³/mol. The topological polar surface area (TPSA) is 51.2 Å². The van der Waals surface area contributed by atoms with Crippen molar-refractivity contribution in [1.29, 1.82) is 0 Å². The highest BCUT2D eigenvalue weighted by molar-refractivity contribution is 6.03. The van der Waals surface area contributed by atoms with Gasteiger partial charge in [-0.15, -0.1) is 12.4 Å². The largest absolute Gasteiger partial charge is 0.477 e. The van der Waals surface area contributed by atoms with E-state index in [9.17, 15) is 18.0 Å². The lowest BCUT2D eigenvalue weighted by Crippen LogP contribution is -2.15. The van der Waals surface area contributed by atoms with E-state index in [1.807, 2.05) is 0 Å². The van der Waals surface area contributed by atoms with E-state index in [0.717, 1.165) is 0 Å². The zero-order valence-electron chi connectivity index (χ0n) is 11.8. The number of ether oxygens (including phenoxy) is 1. The number of benzene rings is 1. The van der Waals surface area contributed by atoms with Crippen molar-refractivity contribution >= 4 is 24.1 Å². The van der Waals surface area contributed by atoms with E-state index in [1.54, 1.807) is 30.3 Å². The minimum Gasteiger partial charge on any atom is -0.477 e. The molecular formula is C15H14ClF3N2O2. The molecule has 124 valence electrons. The summed E-state index contributed by atoms with van der Waals surface area (Å²) in [5.74, 6) is -0.131. The average molecular weight is 347 g/mol. The Labute approximate surface area is 137 Å². The molecule has 0 bridgehead atoms. The molecule has 2 aromatic rings. The van der Waals surface area contributed by atoms with Crippen molar-refractivity contribution in [2.75, 3.05) is 11.9 Å². The van der Waals surface area contributed by atoms with Crippen molar-refractivity contribution in [3.05, 3.63) is 54.1 Å². The van der Waals surface area contributed by atoms with Gasteiger partial charge in [0.1, 0.15) is 5.82 Å². The maximum absolute atomic E-state index is 12.0. The quantitative estimate of drug-likeness (QED) is 0.887. The molecule has 0 aliphatic rings. The van der Waals surface area contributed by atoms with E-state index in [0.29, 0.717) is 5.56 Å². The molecule has 0 saturated carbocycles. The minimum atomic E-state index is -4.28. The normalized spacial score (nSPS) is 10.6. The third kappa shape index (κ3) is 6.56. The number of halogens is 4. The van der Waals surface area contributed by atoms with Crippen LogP contribution >= 0.6 is 12.4 Å². The van der Waals surface area contributed by atoms with Gasteiger partial charge in [0.25, 0.3) is 5.91 Å². The highest BCUT2D eigenvalue weighted by atomic mass is 35.5. The van der Waals surface area contributed by atoms with Crippen molar-refractivity contribution in [2.24, 2.45) is 0 Å². The van der Waals surface area contributed by atoms with Crippen LogP contribution in [-0.2, 0) is 0 Å². The zero-order valence-corrected chi connectivity index (χ0v) is 12.7. The number of alkyl halides is 3. The number of carbonyl (C=O) groups is 1. The lowest BCUT2D eigenvalue weighted by molar-refractivity contribution is -0.139. The van der Waals surface area contributed by atoms with Crippen LogP contribution in [0.5, 0.6) is 5.88 Å². The molecule has 0 spiro atoms. The predicted octanol–water partition coefficient (Wildman–Crippen LogP) is 4.09. The highest BCUT2D eigenvalue weighted by Crippen LogP contribution is 2.20. The molecule has 0 saturated heterocycles. The second kappa shape index (κ2) is 8.38. The molecule has 0 aliphatic heterocycles. The number of hydrogen-bond donors (Lipinski definition) is 1. The second-order valence-corrected chi connectivity index (χ2v) is 4.39. The Hall–Kier alpha value is -2.28. The highest BCUT2D eigenvalue weighted by Gasteiger charge is 2.26. The Morgan fingerprint density at radius 2 is 1.78 bits per heavy atom. The Bertz CT molecular complexity index is 636. The summed E-state index contributed by atoms with van der Waals surface area (Å²) < 4.78 is 41.0. The molecule has 0 radical (unpaired) electrons. The van der Waals surface area contributed by atoms with Crippen LogP contribution < -0.4 is 10.1 Å². The molecule has 1 amide bonds. The van der Waals surface area contributed by atoms with Crippen LogP contribution in [0.1, 0.15) is 16.8 Å². The summed E-state index contributed by atoms with van der Waals surface area (Å²) in [6.45, 7) is -0.521. The van der Waals surface area contributed by atoms with Gasteiger partial charge in [0.15, 0.2) is 0 Å². The minimum absolute atomic E-state index is 0. The van der Waals surface area contributed by atoms with E-state index < -0.39 is 19.2 Å². The first-order valence-electron chi connectivity index (χ1n) is 6.47. The molecule has 8 heteroatoms. The Kier molecular flexibility index (Phi) is 6.84. The van der Waals surface area contributed by atoms with Crippen molar-refractivity contribution in [3.8, 4) is 5.88 Å². The Morgan fingerprint density at radius 1 is 1.09 bits per heavy atom. The van der Waals surface area contributed by atoms with Gasteiger partial charge in [-0.1, -0.05) is 24.3 Å². The average Bonchev–Trinajstić information content (AvgIpc) is 2.47. The monoisotopic (exact) mass is 346 g/mol. The molecule has 23 heavy (non-hydrogen) atoms.